The molecule has 3 nitrogen and oxygen atoms in total. The van der Waals surface area contributed by atoms with Crippen molar-refractivity contribution in [3.63, 3.8) is 0 Å². The number of hydrogen-bond acceptors (Lipinski definition) is 4. The lowest BCUT2D eigenvalue weighted by Gasteiger charge is -2.12. The SMILES string of the molecule is CCCNc1nc(-c2ccc(Br)s2)nc(C)c1CC. The second kappa shape index (κ2) is 6.48. The highest BCUT2D eigenvalue weighted by atomic mass is 79.9. The largest absolute Gasteiger partial charge is 0.370 e. The summed E-state index contributed by atoms with van der Waals surface area (Å²) in [5.41, 5.74) is 2.28. The van der Waals surface area contributed by atoms with Gasteiger partial charge in [-0.25, -0.2) is 9.97 Å². The zero-order chi connectivity index (χ0) is 13.8. The molecule has 1 N–H and O–H groups in total. The zero-order valence-corrected chi connectivity index (χ0v) is 13.9. The van der Waals surface area contributed by atoms with Crippen LogP contribution in [0.1, 0.15) is 31.5 Å². The Morgan fingerprint density at radius 2 is 2.05 bits per heavy atom. The minimum atomic E-state index is 0.809. The number of nitrogens with one attached hydrogen (secondary N) is 1. The van der Waals surface area contributed by atoms with E-state index in [0.29, 0.717) is 0 Å². The molecule has 0 fully saturated rings. The van der Waals surface area contributed by atoms with Gasteiger partial charge in [0.15, 0.2) is 5.82 Å². The minimum Gasteiger partial charge on any atom is -0.370 e. The van der Waals surface area contributed by atoms with Crippen molar-refractivity contribution >= 4 is 33.1 Å². The van der Waals surface area contributed by atoms with E-state index in [4.69, 9.17) is 4.98 Å². The molecule has 0 aliphatic heterocycles. The molecule has 0 saturated heterocycles. The van der Waals surface area contributed by atoms with Gasteiger partial charge in [-0.3, -0.25) is 0 Å². The smallest absolute Gasteiger partial charge is 0.171 e. The van der Waals surface area contributed by atoms with Crippen LogP contribution in [0.4, 0.5) is 5.82 Å². The Kier molecular flexibility index (Phi) is 4.93. The van der Waals surface area contributed by atoms with Gasteiger partial charge in [-0.2, -0.15) is 0 Å². The Balaban J connectivity index is 2.43. The predicted molar refractivity (Wildman–Crippen MR) is 85.9 cm³/mol. The normalized spacial score (nSPS) is 10.7. The highest BCUT2D eigenvalue weighted by molar-refractivity contribution is 9.11. The first kappa shape index (κ1) is 14.5. The van der Waals surface area contributed by atoms with Crippen LogP contribution in [0.3, 0.4) is 0 Å². The maximum atomic E-state index is 4.69. The van der Waals surface area contributed by atoms with Crippen LogP contribution >= 0.6 is 27.3 Å². The number of nitrogens with zero attached hydrogens (tertiary/aromatic N) is 2. The number of halogens is 1. The second-order valence-corrected chi connectivity index (χ2v) is 6.81. The molecular formula is C14H18BrN3S. The van der Waals surface area contributed by atoms with Crippen LogP contribution in [0.15, 0.2) is 15.9 Å². The molecule has 0 aromatic carbocycles. The predicted octanol–water partition coefficient (Wildman–Crippen LogP) is 4.66. The molecule has 0 aliphatic rings. The number of aromatic nitrogens is 2. The fourth-order valence-corrected chi connectivity index (χ4v) is 3.27. The molecule has 19 heavy (non-hydrogen) atoms. The molecule has 0 atom stereocenters. The average molecular weight is 340 g/mol. The van der Waals surface area contributed by atoms with Crippen LogP contribution in [0, 0.1) is 6.92 Å². The highest BCUT2D eigenvalue weighted by Crippen LogP contribution is 2.31. The molecule has 2 rings (SSSR count). The van der Waals surface area contributed by atoms with E-state index in [9.17, 15) is 0 Å². The molecule has 0 bridgehead atoms. The van der Waals surface area contributed by atoms with Crippen molar-refractivity contribution < 1.29 is 0 Å². The summed E-state index contributed by atoms with van der Waals surface area (Å²) in [7, 11) is 0. The summed E-state index contributed by atoms with van der Waals surface area (Å²) in [5, 5.41) is 3.41. The summed E-state index contributed by atoms with van der Waals surface area (Å²) in [6, 6.07) is 4.09. The summed E-state index contributed by atoms with van der Waals surface area (Å²) in [6.45, 7) is 7.30. The van der Waals surface area contributed by atoms with Crippen molar-refractivity contribution in [3.05, 3.63) is 27.2 Å². The molecule has 102 valence electrons. The van der Waals surface area contributed by atoms with Gasteiger partial charge < -0.3 is 5.32 Å². The number of rotatable bonds is 5. The quantitative estimate of drug-likeness (QED) is 0.860. The van der Waals surface area contributed by atoms with E-state index in [-0.39, 0.29) is 0 Å². The van der Waals surface area contributed by atoms with Gasteiger partial charge >= 0.3 is 0 Å². The molecule has 0 aliphatic carbocycles. The van der Waals surface area contributed by atoms with Crippen LogP contribution < -0.4 is 5.32 Å². The maximum absolute atomic E-state index is 4.69. The first-order valence-electron chi connectivity index (χ1n) is 6.52. The highest BCUT2D eigenvalue weighted by Gasteiger charge is 2.12. The molecule has 0 radical (unpaired) electrons. The van der Waals surface area contributed by atoms with Crippen molar-refractivity contribution in [2.24, 2.45) is 0 Å². The lowest BCUT2D eigenvalue weighted by molar-refractivity contribution is 0.939. The van der Waals surface area contributed by atoms with Crippen LogP contribution in [-0.4, -0.2) is 16.5 Å². The van der Waals surface area contributed by atoms with Crippen LogP contribution in [-0.2, 0) is 6.42 Å². The Bertz CT molecular complexity index is 566. The second-order valence-electron chi connectivity index (χ2n) is 4.34. The Hall–Kier alpha value is -0.940. The first-order chi connectivity index (χ1) is 9.15. The molecule has 2 aromatic rings. The van der Waals surface area contributed by atoms with Crippen LogP contribution in [0.5, 0.6) is 0 Å². The van der Waals surface area contributed by atoms with E-state index in [0.717, 1.165) is 45.4 Å². The van der Waals surface area contributed by atoms with Crippen molar-refractivity contribution in [2.75, 3.05) is 11.9 Å². The zero-order valence-electron chi connectivity index (χ0n) is 11.5. The summed E-state index contributed by atoms with van der Waals surface area (Å²) in [5.74, 6) is 1.79. The number of anilines is 1. The third kappa shape index (κ3) is 3.34. The summed E-state index contributed by atoms with van der Waals surface area (Å²) in [4.78, 5) is 10.4. The van der Waals surface area contributed by atoms with Gasteiger partial charge in [-0.15, -0.1) is 11.3 Å². The summed E-state index contributed by atoms with van der Waals surface area (Å²) in [6.07, 6.45) is 2.04. The molecule has 0 amide bonds. The Morgan fingerprint density at radius 3 is 2.63 bits per heavy atom. The first-order valence-corrected chi connectivity index (χ1v) is 8.13. The molecule has 0 unspecified atom stereocenters. The summed E-state index contributed by atoms with van der Waals surface area (Å²) >= 11 is 5.14. The molecule has 0 spiro atoms. The molecular weight excluding hydrogens is 322 g/mol. The fraction of sp³-hybridized carbons (Fsp3) is 0.429. The average Bonchev–Trinajstić information content (AvgIpc) is 2.82. The van der Waals surface area contributed by atoms with E-state index in [1.807, 2.05) is 6.07 Å². The maximum Gasteiger partial charge on any atom is 0.171 e. The molecule has 2 aromatic heterocycles. The van der Waals surface area contributed by atoms with Crippen molar-refractivity contribution in [2.45, 2.75) is 33.6 Å². The van der Waals surface area contributed by atoms with Gasteiger partial charge in [-0.05, 0) is 47.8 Å². The number of aryl methyl sites for hydroxylation is 1. The lowest BCUT2D eigenvalue weighted by atomic mass is 10.1. The van der Waals surface area contributed by atoms with Crippen molar-refractivity contribution in [1.29, 1.82) is 0 Å². The monoisotopic (exact) mass is 339 g/mol. The minimum absolute atomic E-state index is 0.809. The third-order valence-electron chi connectivity index (χ3n) is 2.90. The standard InChI is InChI=1S/C14H18BrN3S/c1-4-8-16-13-10(5-2)9(3)17-14(18-13)11-6-7-12(15)19-11/h6-7H,4-5,8H2,1-3H3,(H,16,17,18). The summed E-state index contributed by atoms with van der Waals surface area (Å²) < 4.78 is 1.10. The van der Waals surface area contributed by atoms with Gasteiger partial charge in [0.25, 0.3) is 0 Å². The van der Waals surface area contributed by atoms with Gasteiger partial charge in [0.2, 0.25) is 0 Å². The topological polar surface area (TPSA) is 37.8 Å². The molecule has 0 saturated carbocycles. The van der Waals surface area contributed by atoms with E-state index < -0.39 is 0 Å². The molecule has 5 heteroatoms. The lowest BCUT2D eigenvalue weighted by Crippen LogP contribution is -2.08. The van der Waals surface area contributed by atoms with E-state index in [2.05, 4.69) is 53.1 Å². The van der Waals surface area contributed by atoms with Crippen LogP contribution in [0.25, 0.3) is 10.7 Å². The number of hydrogen-bond donors (Lipinski definition) is 1. The van der Waals surface area contributed by atoms with Gasteiger partial charge in [0.05, 0.1) is 8.66 Å². The van der Waals surface area contributed by atoms with Gasteiger partial charge in [0.1, 0.15) is 5.82 Å². The van der Waals surface area contributed by atoms with E-state index in [1.165, 1.54) is 5.56 Å². The van der Waals surface area contributed by atoms with Crippen molar-refractivity contribution in [3.8, 4) is 10.7 Å². The van der Waals surface area contributed by atoms with E-state index in [1.54, 1.807) is 11.3 Å². The molecule has 2 heterocycles. The van der Waals surface area contributed by atoms with Crippen LogP contribution in [0.2, 0.25) is 0 Å². The fourth-order valence-electron chi connectivity index (χ4n) is 1.95. The Labute approximate surface area is 126 Å². The Morgan fingerprint density at radius 1 is 1.26 bits per heavy atom. The van der Waals surface area contributed by atoms with Gasteiger partial charge in [-0.1, -0.05) is 13.8 Å². The van der Waals surface area contributed by atoms with Gasteiger partial charge in [0, 0.05) is 17.8 Å². The third-order valence-corrected chi connectivity index (χ3v) is 4.52. The van der Waals surface area contributed by atoms with E-state index >= 15 is 0 Å². The number of thiophene rings is 1. The van der Waals surface area contributed by atoms with Crippen molar-refractivity contribution in [1.82, 2.24) is 9.97 Å².